The van der Waals surface area contributed by atoms with Gasteiger partial charge in [-0.25, -0.2) is 0 Å². The van der Waals surface area contributed by atoms with Gasteiger partial charge in [0.2, 0.25) is 0 Å². The largest absolute Gasteiger partial charge is 0.497 e. The fraction of sp³-hybridized carbons (Fsp3) is 0.368. The number of nitrogens with one attached hydrogen (secondary N) is 1. The van der Waals surface area contributed by atoms with Gasteiger partial charge in [0.1, 0.15) is 5.75 Å². The second-order valence-corrected chi connectivity index (χ2v) is 5.79. The molecule has 0 fully saturated rings. The van der Waals surface area contributed by atoms with Gasteiger partial charge in [0.05, 0.1) is 7.11 Å². The van der Waals surface area contributed by atoms with E-state index in [1.807, 2.05) is 0 Å². The van der Waals surface area contributed by atoms with Gasteiger partial charge >= 0.3 is 0 Å². The molecule has 0 unspecified atom stereocenters. The Bertz CT molecular complexity index is 579. The van der Waals surface area contributed by atoms with Crippen LogP contribution in [-0.4, -0.2) is 13.2 Å². The molecule has 1 aliphatic rings. The van der Waals surface area contributed by atoms with Crippen LogP contribution < -0.4 is 10.1 Å². The minimum absolute atomic E-state index is 0.554. The Labute approximate surface area is 127 Å². The van der Waals surface area contributed by atoms with Crippen LogP contribution in [-0.2, 0) is 19.4 Å². The summed E-state index contributed by atoms with van der Waals surface area (Å²) in [7, 11) is 1.74. The fourth-order valence-corrected chi connectivity index (χ4v) is 3.10. The molecule has 1 N–H and O–H groups in total. The molecule has 110 valence electrons. The van der Waals surface area contributed by atoms with E-state index in [1.54, 1.807) is 7.11 Å². The van der Waals surface area contributed by atoms with Gasteiger partial charge in [-0.3, -0.25) is 0 Å². The highest BCUT2D eigenvalue weighted by Crippen LogP contribution is 2.25. The van der Waals surface area contributed by atoms with E-state index < -0.39 is 0 Å². The maximum atomic E-state index is 5.37. The van der Waals surface area contributed by atoms with Crippen LogP contribution >= 0.6 is 0 Å². The average molecular weight is 281 g/mol. The molecule has 21 heavy (non-hydrogen) atoms. The molecule has 3 rings (SSSR count). The highest BCUT2D eigenvalue weighted by atomic mass is 16.5. The molecule has 0 saturated carbocycles. The molecular weight excluding hydrogens is 258 g/mol. The summed E-state index contributed by atoms with van der Waals surface area (Å²) in [5.74, 6) is 0.970. The summed E-state index contributed by atoms with van der Waals surface area (Å²) in [4.78, 5) is 0. The lowest BCUT2D eigenvalue weighted by Crippen LogP contribution is -2.30. The third kappa shape index (κ3) is 3.64. The minimum Gasteiger partial charge on any atom is -0.497 e. The Hall–Kier alpha value is -1.80. The molecule has 1 atom stereocenters. The number of benzene rings is 2. The SMILES string of the molecule is COc1ccc2c(c1)C[C@H](NCc1ccccc1)CCC2. The second-order valence-electron chi connectivity index (χ2n) is 5.79. The third-order valence-electron chi connectivity index (χ3n) is 4.32. The van der Waals surface area contributed by atoms with Crippen molar-refractivity contribution in [2.75, 3.05) is 7.11 Å². The summed E-state index contributed by atoms with van der Waals surface area (Å²) in [5.41, 5.74) is 4.28. The predicted molar refractivity (Wildman–Crippen MR) is 86.7 cm³/mol. The minimum atomic E-state index is 0.554. The van der Waals surface area contributed by atoms with E-state index in [4.69, 9.17) is 4.74 Å². The lowest BCUT2D eigenvalue weighted by Gasteiger charge is -2.17. The van der Waals surface area contributed by atoms with Crippen molar-refractivity contribution < 1.29 is 4.74 Å². The molecule has 0 radical (unpaired) electrons. The molecule has 0 aromatic heterocycles. The van der Waals surface area contributed by atoms with Crippen LogP contribution in [0.25, 0.3) is 0 Å². The lowest BCUT2D eigenvalue weighted by atomic mass is 10.0. The van der Waals surface area contributed by atoms with Crippen molar-refractivity contribution in [2.24, 2.45) is 0 Å². The second kappa shape index (κ2) is 6.77. The molecular formula is C19H23NO. The summed E-state index contributed by atoms with van der Waals surface area (Å²) >= 11 is 0. The highest BCUT2D eigenvalue weighted by Gasteiger charge is 2.16. The van der Waals surface area contributed by atoms with Gasteiger partial charge in [0.15, 0.2) is 0 Å². The first-order chi connectivity index (χ1) is 10.3. The summed E-state index contributed by atoms with van der Waals surface area (Å²) in [6.45, 7) is 0.949. The van der Waals surface area contributed by atoms with Crippen LogP contribution in [0.1, 0.15) is 29.5 Å². The first-order valence-electron chi connectivity index (χ1n) is 7.78. The first kappa shape index (κ1) is 14.2. The Balaban J connectivity index is 1.67. The van der Waals surface area contributed by atoms with Gasteiger partial charge in [0.25, 0.3) is 0 Å². The topological polar surface area (TPSA) is 21.3 Å². The molecule has 1 aliphatic carbocycles. The number of ether oxygens (including phenoxy) is 1. The number of rotatable bonds is 4. The number of fused-ring (bicyclic) bond motifs is 1. The van der Waals surface area contributed by atoms with E-state index in [1.165, 1.54) is 36.0 Å². The van der Waals surface area contributed by atoms with Gasteiger partial charge in [-0.1, -0.05) is 36.4 Å². The lowest BCUT2D eigenvalue weighted by molar-refractivity contribution is 0.413. The van der Waals surface area contributed by atoms with Crippen molar-refractivity contribution in [3.8, 4) is 5.75 Å². The van der Waals surface area contributed by atoms with E-state index in [0.717, 1.165) is 18.7 Å². The fourth-order valence-electron chi connectivity index (χ4n) is 3.10. The van der Waals surface area contributed by atoms with Crippen molar-refractivity contribution in [1.82, 2.24) is 5.32 Å². The molecule has 0 amide bonds. The molecule has 0 heterocycles. The monoisotopic (exact) mass is 281 g/mol. The highest BCUT2D eigenvalue weighted by molar-refractivity contribution is 5.37. The molecule has 0 saturated heterocycles. The third-order valence-corrected chi connectivity index (χ3v) is 4.32. The zero-order valence-electron chi connectivity index (χ0n) is 12.6. The summed E-state index contributed by atoms with van der Waals surface area (Å²) < 4.78 is 5.37. The zero-order valence-corrected chi connectivity index (χ0v) is 12.6. The van der Waals surface area contributed by atoms with Gasteiger partial charge in [-0.05, 0) is 54.5 Å². The van der Waals surface area contributed by atoms with Crippen LogP contribution in [0.2, 0.25) is 0 Å². The van der Waals surface area contributed by atoms with Gasteiger partial charge < -0.3 is 10.1 Å². The number of hydrogen-bond donors (Lipinski definition) is 1. The molecule has 2 aromatic carbocycles. The van der Waals surface area contributed by atoms with Gasteiger partial charge in [-0.2, -0.15) is 0 Å². The number of hydrogen-bond acceptors (Lipinski definition) is 2. The van der Waals surface area contributed by atoms with E-state index in [0.29, 0.717) is 6.04 Å². The van der Waals surface area contributed by atoms with E-state index in [-0.39, 0.29) is 0 Å². The Morgan fingerprint density at radius 3 is 2.76 bits per heavy atom. The van der Waals surface area contributed by atoms with Crippen LogP contribution in [0, 0.1) is 0 Å². The number of methoxy groups -OCH3 is 1. The smallest absolute Gasteiger partial charge is 0.119 e. The van der Waals surface area contributed by atoms with Crippen LogP contribution in [0.15, 0.2) is 48.5 Å². The molecule has 2 aromatic rings. The van der Waals surface area contributed by atoms with Crippen molar-refractivity contribution in [1.29, 1.82) is 0 Å². The van der Waals surface area contributed by atoms with Crippen LogP contribution in [0.5, 0.6) is 5.75 Å². The molecule has 2 nitrogen and oxygen atoms in total. The summed E-state index contributed by atoms with van der Waals surface area (Å²) in [5, 5.41) is 3.72. The van der Waals surface area contributed by atoms with E-state index in [9.17, 15) is 0 Å². The van der Waals surface area contributed by atoms with Crippen molar-refractivity contribution in [3.63, 3.8) is 0 Å². The van der Waals surface area contributed by atoms with Gasteiger partial charge in [-0.15, -0.1) is 0 Å². The first-order valence-corrected chi connectivity index (χ1v) is 7.78. The van der Waals surface area contributed by atoms with Crippen LogP contribution in [0.3, 0.4) is 0 Å². The van der Waals surface area contributed by atoms with Crippen molar-refractivity contribution in [2.45, 2.75) is 38.3 Å². The Kier molecular flexibility index (Phi) is 4.56. The maximum Gasteiger partial charge on any atom is 0.119 e. The summed E-state index contributed by atoms with van der Waals surface area (Å²) in [6, 6.07) is 17.7. The quantitative estimate of drug-likeness (QED) is 0.862. The predicted octanol–water partition coefficient (Wildman–Crippen LogP) is 3.73. The van der Waals surface area contributed by atoms with Crippen molar-refractivity contribution in [3.05, 3.63) is 65.2 Å². The van der Waals surface area contributed by atoms with Crippen molar-refractivity contribution >= 4 is 0 Å². The van der Waals surface area contributed by atoms with E-state index >= 15 is 0 Å². The molecule has 0 spiro atoms. The zero-order chi connectivity index (χ0) is 14.5. The standard InChI is InChI=1S/C19H23NO/c1-21-19-11-10-16-8-5-9-18(12-17(16)13-19)20-14-15-6-3-2-4-7-15/h2-4,6-7,10-11,13,18,20H,5,8-9,12,14H2,1H3/t18-/m1/s1. The molecule has 0 bridgehead atoms. The van der Waals surface area contributed by atoms with Gasteiger partial charge in [0, 0.05) is 12.6 Å². The normalized spacial score (nSPS) is 17.9. The average Bonchev–Trinajstić information content (AvgIpc) is 2.75. The van der Waals surface area contributed by atoms with Crippen LogP contribution in [0.4, 0.5) is 0 Å². The maximum absolute atomic E-state index is 5.37. The Morgan fingerprint density at radius 2 is 1.95 bits per heavy atom. The molecule has 2 heteroatoms. The number of aryl methyl sites for hydroxylation is 1. The summed E-state index contributed by atoms with van der Waals surface area (Å²) in [6.07, 6.45) is 4.78. The Morgan fingerprint density at radius 1 is 1.10 bits per heavy atom. The molecule has 0 aliphatic heterocycles. The van der Waals surface area contributed by atoms with E-state index in [2.05, 4.69) is 53.8 Å².